The maximum Gasteiger partial charge on any atom is 0.253 e. The van der Waals surface area contributed by atoms with E-state index in [4.69, 9.17) is 21.1 Å². The Labute approximate surface area is 270 Å². The van der Waals surface area contributed by atoms with Crippen LogP contribution in [-0.2, 0) is 19.1 Å². The van der Waals surface area contributed by atoms with E-state index in [0.29, 0.717) is 35.2 Å². The highest BCUT2D eigenvalue weighted by molar-refractivity contribution is 6.34. The van der Waals surface area contributed by atoms with E-state index >= 15 is 0 Å². The topological polar surface area (TPSA) is 99.6 Å². The van der Waals surface area contributed by atoms with Crippen LogP contribution in [-0.4, -0.2) is 77.8 Å². The largest absolute Gasteiger partial charge is 0.494 e. The molecule has 2 aromatic rings. The quantitative estimate of drug-likeness (QED) is 0.315. The minimum atomic E-state index is -1.25. The summed E-state index contributed by atoms with van der Waals surface area (Å²) in [7, 11) is 0. The lowest BCUT2D eigenvalue weighted by molar-refractivity contribution is -0.146. The number of para-hydroxylation sites is 1. The number of aliphatic hydroxyl groups excluding tert-OH is 1. The van der Waals surface area contributed by atoms with Crippen molar-refractivity contribution in [2.45, 2.75) is 50.9 Å². The first-order chi connectivity index (χ1) is 21.6. The Bertz CT molecular complexity index is 1470. The molecule has 6 atom stereocenters. The van der Waals surface area contributed by atoms with Gasteiger partial charge in [0.1, 0.15) is 17.4 Å². The van der Waals surface area contributed by atoms with E-state index in [-0.39, 0.29) is 56.3 Å². The number of hydrogen-bond donors (Lipinski definition) is 1. The van der Waals surface area contributed by atoms with Crippen molar-refractivity contribution in [2.24, 2.45) is 17.8 Å². The van der Waals surface area contributed by atoms with Crippen LogP contribution < -0.4 is 14.5 Å². The maximum absolute atomic E-state index is 14.7. The highest BCUT2D eigenvalue weighted by Gasteiger charge is 2.80. The van der Waals surface area contributed by atoms with Crippen LogP contribution in [0.5, 0.6) is 5.75 Å². The van der Waals surface area contributed by atoms with Gasteiger partial charge in [-0.05, 0) is 69.0 Å². The number of fused-ring (bicyclic) bond motifs is 1. The van der Waals surface area contributed by atoms with Crippen LogP contribution in [0.4, 0.5) is 11.4 Å². The molecule has 1 spiro atoms. The molecule has 0 aromatic heterocycles. The van der Waals surface area contributed by atoms with E-state index in [1.165, 1.54) is 9.80 Å². The van der Waals surface area contributed by atoms with E-state index in [1.54, 1.807) is 53.5 Å². The molecule has 2 bridgehead atoms. The molecule has 0 radical (unpaired) electrons. The first-order valence-electron chi connectivity index (χ1n) is 15.5. The smallest absolute Gasteiger partial charge is 0.253 e. The lowest BCUT2D eigenvalue weighted by atomic mass is 9.62. The molecule has 3 unspecified atom stereocenters. The molecule has 3 amide bonds. The van der Waals surface area contributed by atoms with Crippen molar-refractivity contribution in [1.82, 2.24) is 4.90 Å². The first-order valence-corrected chi connectivity index (χ1v) is 15.9. The number of carbonyl (C=O) groups excluding carboxylic acids is 3. The Morgan fingerprint density at radius 3 is 2.40 bits per heavy atom. The molecule has 0 aliphatic carbocycles. The van der Waals surface area contributed by atoms with Crippen LogP contribution in [0.15, 0.2) is 73.8 Å². The monoisotopic (exact) mass is 635 g/mol. The fourth-order valence-electron chi connectivity index (χ4n) is 7.64. The predicted octanol–water partition coefficient (Wildman–Crippen LogP) is 4.87. The van der Waals surface area contributed by atoms with Gasteiger partial charge in [-0.2, -0.15) is 0 Å². The molecule has 3 aliphatic rings. The second-order valence-corrected chi connectivity index (χ2v) is 12.6. The van der Waals surface area contributed by atoms with Crippen LogP contribution in [0.3, 0.4) is 0 Å². The van der Waals surface area contributed by atoms with E-state index < -0.39 is 29.1 Å². The van der Waals surface area contributed by atoms with E-state index in [9.17, 15) is 19.5 Å². The standard InChI is InChI=1S/C35H42ClN3O6/c1-6-18-37(24-14-16-25(17-15-24)44-8-3)31(41)28-29-32(42)39(20-11-21-40)30(35(29)22-23(4)34(28,5)45-35)33(43)38(19-7-2)27-13-10-9-12-26(27)36/h6-7,9-10,12-17,23,28-30,40H,1-2,8,11,18-22H2,3-5H3/t23?,28-,29+,30?,34+,35?/m1/s1. The Morgan fingerprint density at radius 1 is 1.11 bits per heavy atom. The highest BCUT2D eigenvalue weighted by atomic mass is 35.5. The van der Waals surface area contributed by atoms with Gasteiger partial charge in [0.15, 0.2) is 0 Å². The summed E-state index contributed by atoms with van der Waals surface area (Å²) in [6.07, 6.45) is 3.95. The zero-order valence-electron chi connectivity index (χ0n) is 26.2. The third kappa shape index (κ3) is 5.34. The molecule has 5 rings (SSSR count). The van der Waals surface area contributed by atoms with Crippen LogP contribution in [0, 0.1) is 17.8 Å². The fraction of sp³-hybridized carbons (Fsp3) is 0.457. The molecule has 3 heterocycles. The SMILES string of the molecule is C=CCN(C(=O)[C@H]1[C@H]2C(=O)N(CCCO)C(C(=O)N(CC=C)c3ccccc3Cl)C23CC(C)[C@]1(C)O3)c1ccc(OCC)cc1. The molecular formula is C35H42ClN3O6. The second-order valence-electron chi connectivity index (χ2n) is 12.2. The Morgan fingerprint density at radius 2 is 1.78 bits per heavy atom. The number of rotatable bonds is 13. The Kier molecular flexibility index (Phi) is 9.44. The van der Waals surface area contributed by atoms with Crippen molar-refractivity contribution in [2.75, 3.05) is 42.6 Å². The summed E-state index contributed by atoms with van der Waals surface area (Å²) in [6.45, 7) is 14.4. The number of ether oxygens (including phenoxy) is 2. The minimum Gasteiger partial charge on any atom is -0.494 e. The molecule has 2 aromatic carbocycles. The average molecular weight is 636 g/mol. The van der Waals surface area contributed by atoms with Gasteiger partial charge < -0.3 is 29.3 Å². The zero-order valence-corrected chi connectivity index (χ0v) is 26.9. The summed E-state index contributed by atoms with van der Waals surface area (Å²) in [6, 6.07) is 13.2. The number of amides is 3. The van der Waals surface area contributed by atoms with E-state index in [0.717, 1.165) is 0 Å². The lowest BCUT2D eigenvalue weighted by Gasteiger charge is -2.39. The molecule has 3 fully saturated rings. The maximum atomic E-state index is 14.7. The number of aliphatic hydroxyl groups is 1. The molecule has 9 nitrogen and oxygen atoms in total. The van der Waals surface area contributed by atoms with Crippen molar-refractivity contribution >= 4 is 40.7 Å². The van der Waals surface area contributed by atoms with Crippen molar-refractivity contribution in [3.63, 3.8) is 0 Å². The van der Waals surface area contributed by atoms with Crippen LogP contribution >= 0.6 is 11.6 Å². The van der Waals surface area contributed by atoms with Gasteiger partial charge >= 0.3 is 0 Å². The minimum absolute atomic E-state index is 0.136. The van der Waals surface area contributed by atoms with Gasteiger partial charge in [0, 0.05) is 31.9 Å². The average Bonchev–Trinajstić information content (AvgIpc) is 3.54. The number of hydrogen-bond acceptors (Lipinski definition) is 6. The summed E-state index contributed by atoms with van der Waals surface area (Å²) in [4.78, 5) is 48.6. The molecule has 1 N–H and O–H groups in total. The molecule has 3 saturated heterocycles. The third-order valence-electron chi connectivity index (χ3n) is 9.63. The predicted molar refractivity (Wildman–Crippen MR) is 174 cm³/mol. The fourth-order valence-corrected chi connectivity index (χ4v) is 7.88. The summed E-state index contributed by atoms with van der Waals surface area (Å²) in [5.41, 5.74) is -1.12. The van der Waals surface area contributed by atoms with Crippen LogP contribution in [0.2, 0.25) is 5.02 Å². The van der Waals surface area contributed by atoms with Gasteiger partial charge in [-0.25, -0.2) is 0 Å². The number of carbonyl (C=O) groups is 3. The van der Waals surface area contributed by atoms with Crippen LogP contribution in [0.1, 0.15) is 33.6 Å². The Hall–Kier alpha value is -3.66. The molecule has 0 saturated carbocycles. The summed E-state index contributed by atoms with van der Waals surface area (Å²) in [5.74, 6) is -2.16. The van der Waals surface area contributed by atoms with Gasteiger partial charge in [-0.1, -0.05) is 42.8 Å². The number of halogens is 1. The van der Waals surface area contributed by atoms with E-state index in [1.807, 2.05) is 32.9 Å². The first kappa shape index (κ1) is 32.7. The van der Waals surface area contributed by atoms with Crippen LogP contribution in [0.25, 0.3) is 0 Å². The number of nitrogens with zero attached hydrogens (tertiary/aromatic N) is 3. The summed E-state index contributed by atoms with van der Waals surface area (Å²) >= 11 is 6.56. The normalized spacial score (nSPS) is 28.1. The van der Waals surface area contributed by atoms with Crippen molar-refractivity contribution in [3.05, 3.63) is 78.9 Å². The third-order valence-corrected chi connectivity index (χ3v) is 9.95. The lowest BCUT2D eigenvalue weighted by Crippen LogP contribution is -2.57. The summed E-state index contributed by atoms with van der Waals surface area (Å²) < 4.78 is 12.5. The highest BCUT2D eigenvalue weighted by Crippen LogP contribution is 2.65. The number of anilines is 2. The van der Waals surface area contributed by atoms with Crippen molar-refractivity contribution < 1.29 is 29.0 Å². The second kappa shape index (κ2) is 13.0. The van der Waals surface area contributed by atoms with Gasteiger partial charge in [-0.15, -0.1) is 13.2 Å². The number of likely N-dealkylation sites (tertiary alicyclic amines) is 1. The van der Waals surface area contributed by atoms with E-state index in [2.05, 4.69) is 13.2 Å². The van der Waals surface area contributed by atoms with Gasteiger partial charge in [-0.3, -0.25) is 14.4 Å². The zero-order chi connectivity index (χ0) is 32.5. The molecule has 240 valence electrons. The number of benzene rings is 2. The van der Waals surface area contributed by atoms with Gasteiger partial charge in [0.25, 0.3) is 5.91 Å². The summed E-state index contributed by atoms with van der Waals surface area (Å²) in [5, 5.41) is 10.1. The van der Waals surface area contributed by atoms with Crippen molar-refractivity contribution in [1.29, 1.82) is 0 Å². The molecule has 10 heteroatoms. The molecule has 3 aliphatic heterocycles. The Balaban J connectivity index is 1.60. The van der Waals surface area contributed by atoms with Crippen molar-refractivity contribution in [3.8, 4) is 5.75 Å². The van der Waals surface area contributed by atoms with Gasteiger partial charge in [0.2, 0.25) is 11.8 Å². The molecule has 45 heavy (non-hydrogen) atoms. The van der Waals surface area contributed by atoms with Gasteiger partial charge in [0.05, 0.1) is 34.8 Å². The molecular weight excluding hydrogens is 594 g/mol.